The number of hydrogen-bond donors (Lipinski definition) is 0. The third-order valence-corrected chi connectivity index (χ3v) is 2.63. The first kappa shape index (κ1) is 8.06. The van der Waals surface area contributed by atoms with Crippen molar-refractivity contribution in [1.82, 2.24) is 0 Å². The normalized spacial score (nSPS) is 33.6. The molecule has 0 aromatic rings. The average molecular weight is 142 g/mol. The minimum atomic E-state index is 0.799. The molecule has 10 heavy (non-hydrogen) atoms. The van der Waals surface area contributed by atoms with Crippen molar-refractivity contribution >= 4 is 0 Å². The van der Waals surface area contributed by atoms with E-state index < -0.39 is 0 Å². The van der Waals surface area contributed by atoms with Crippen LogP contribution in [0.2, 0.25) is 0 Å². The second kappa shape index (κ2) is 3.38. The maximum Gasteiger partial charge on any atom is 0.0500 e. The molecule has 0 radical (unpaired) electrons. The van der Waals surface area contributed by atoms with Crippen molar-refractivity contribution in [1.29, 1.82) is 0 Å². The molecule has 0 bridgehead atoms. The molecule has 1 aliphatic rings. The molecule has 1 heteroatoms. The van der Waals surface area contributed by atoms with Crippen molar-refractivity contribution in [3.8, 4) is 0 Å². The van der Waals surface area contributed by atoms with E-state index in [9.17, 15) is 0 Å². The summed E-state index contributed by atoms with van der Waals surface area (Å²) in [6, 6.07) is 0. The van der Waals surface area contributed by atoms with E-state index in [0.29, 0.717) is 0 Å². The Bertz CT molecular complexity index is 98.9. The van der Waals surface area contributed by atoms with Crippen LogP contribution in [0.3, 0.4) is 0 Å². The van der Waals surface area contributed by atoms with Crippen LogP contribution in [-0.2, 0) is 4.74 Å². The lowest BCUT2D eigenvalue weighted by atomic mass is 9.85. The van der Waals surface area contributed by atoms with E-state index >= 15 is 0 Å². The monoisotopic (exact) mass is 142 g/mol. The van der Waals surface area contributed by atoms with Crippen molar-refractivity contribution in [3.05, 3.63) is 0 Å². The molecule has 1 nitrogen and oxygen atoms in total. The van der Waals surface area contributed by atoms with Crippen LogP contribution < -0.4 is 0 Å². The fraction of sp³-hybridized carbons (Fsp3) is 1.00. The Hall–Kier alpha value is -0.0400. The van der Waals surface area contributed by atoms with E-state index in [0.717, 1.165) is 31.0 Å². The quantitative estimate of drug-likeness (QED) is 0.575. The van der Waals surface area contributed by atoms with Gasteiger partial charge in [0.15, 0.2) is 0 Å². The summed E-state index contributed by atoms with van der Waals surface area (Å²) in [5, 5.41) is 0. The molecule has 0 spiro atoms. The van der Waals surface area contributed by atoms with Crippen LogP contribution in [0.5, 0.6) is 0 Å². The van der Waals surface area contributed by atoms with E-state index in [-0.39, 0.29) is 0 Å². The Morgan fingerprint density at radius 3 is 2.50 bits per heavy atom. The van der Waals surface area contributed by atoms with Crippen molar-refractivity contribution in [3.63, 3.8) is 0 Å². The van der Waals surface area contributed by atoms with Crippen LogP contribution in [0, 0.1) is 17.8 Å². The molecule has 0 saturated carbocycles. The van der Waals surface area contributed by atoms with Crippen LogP contribution in [0.15, 0.2) is 0 Å². The van der Waals surface area contributed by atoms with Crippen molar-refractivity contribution < 1.29 is 4.74 Å². The lowest BCUT2D eigenvalue weighted by molar-refractivity contribution is 0.174. The first-order valence-electron chi connectivity index (χ1n) is 4.33. The molecule has 60 valence electrons. The molecule has 0 aliphatic carbocycles. The van der Waals surface area contributed by atoms with Gasteiger partial charge in [-0.15, -0.1) is 0 Å². The molecule has 0 amide bonds. The fourth-order valence-corrected chi connectivity index (χ4v) is 1.77. The standard InChI is InChI=1S/C9H18O/c1-4-8-5-10-6-9(8)7(2)3/h7-9H,4-6H2,1-3H3/t8-,9-/m1/s1. The summed E-state index contributed by atoms with van der Waals surface area (Å²) in [5.74, 6) is 2.46. The molecule has 1 saturated heterocycles. The Kier molecular flexibility index (Phi) is 2.72. The van der Waals surface area contributed by atoms with Crippen LogP contribution in [-0.4, -0.2) is 13.2 Å². The number of hydrogen-bond acceptors (Lipinski definition) is 1. The van der Waals surface area contributed by atoms with Gasteiger partial charge in [0, 0.05) is 13.2 Å². The summed E-state index contributed by atoms with van der Waals surface area (Å²) < 4.78 is 5.42. The van der Waals surface area contributed by atoms with E-state index in [4.69, 9.17) is 4.74 Å². The summed E-state index contributed by atoms with van der Waals surface area (Å²) in [4.78, 5) is 0. The minimum Gasteiger partial charge on any atom is -0.381 e. The van der Waals surface area contributed by atoms with Crippen LogP contribution in [0.25, 0.3) is 0 Å². The molecular formula is C9H18O. The topological polar surface area (TPSA) is 9.23 Å². The van der Waals surface area contributed by atoms with E-state index in [1.165, 1.54) is 6.42 Å². The highest BCUT2D eigenvalue weighted by atomic mass is 16.5. The zero-order valence-electron chi connectivity index (χ0n) is 7.26. The zero-order chi connectivity index (χ0) is 7.56. The highest BCUT2D eigenvalue weighted by Gasteiger charge is 2.28. The molecule has 1 heterocycles. The summed E-state index contributed by atoms with van der Waals surface area (Å²) in [5.41, 5.74) is 0. The van der Waals surface area contributed by atoms with Gasteiger partial charge in [-0.05, 0) is 17.8 Å². The lowest BCUT2D eigenvalue weighted by Gasteiger charge is -2.18. The van der Waals surface area contributed by atoms with Crippen LogP contribution in [0.1, 0.15) is 27.2 Å². The third kappa shape index (κ3) is 1.51. The van der Waals surface area contributed by atoms with Gasteiger partial charge in [0.25, 0.3) is 0 Å². The second-order valence-electron chi connectivity index (χ2n) is 3.61. The van der Waals surface area contributed by atoms with Gasteiger partial charge in [-0.25, -0.2) is 0 Å². The summed E-state index contributed by atoms with van der Waals surface area (Å²) in [7, 11) is 0. The number of ether oxygens (including phenoxy) is 1. The maximum atomic E-state index is 5.42. The van der Waals surface area contributed by atoms with Crippen molar-refractivity contribution in [2.45, 2.75) is 27.2 Å². The molecule has 1 fully saturated rings. The summed E-state index contributed by atoms with van der Waals surface area (Å²) in [6.45, 7) is 8.84. The second-order valence-corrected chi connectivity index (χ2v) is 3.61. The van der Waals surface area contributed by atoms with E-state index in [1.807, 2.05) is 0 Å². The maximum absolute atomic E-state index is 5.42. The zero-order valence-corrected chi connectivity index (χ0v) is 7.26. The molecule has 0 aromatic heterocycles. The first-order valence-corrected chi connectivity index (χ1v) is 4.33. The fourth-order valence-electron chi connectivity index (χ4n) is 1.77. The highest BCUT2D eigenvalue weighted by Crippen LogP contribution is 2.29. The lowest BCUT2D eigenvalue weighted by Crippen LogP contribution is -2.17. The van der Waals surface area contributed by atoms with Gasteiger partial charge < -0.3 is 4.74 Å². The minimum absolute atomic E-state index is 0.799. The Labute approximate surface area is 63.8 Å². The van der Waals surface area contributed by atoms with Crippen molar-refractivity contribution in [2.75, 3.05) is 13.2 Å². The first-order chi connectivity index (χ1) is 4.75. The third-order valence-electron chi connectivity index (χ3n) is 2.63. The van der Waals surface area contributed by atoms with Gasteiger partial charge >= 0.3 is 0 Å². The van der Waals surface area contributed by atoms with Crippen molar-refractivity contribution in [2.24, 2.45) is 17.8 Å². The smallest absolute Gasteiger partial charge is 0.0500 e. The Morgan fingerprint density at radius 1 is 1.40 bits per heavy atom. The predicted octanol–water partition coefficient (Wildman–Crippen LogP) is 2.32. The van der Waals surface area contributed by atoms with Crippen LogP contribution in [0.4, 0.5) is 0 Å². The number of rotatable bonds is 2. The van der Waals surface area contributed by atoms with Gasteiger partial charge in [0.1, 0.15) is 0 Å². The SMILES string of the molecule is CC[C@@H]1COC[C@@H]1C(C)C. The van der Waals surface area contributed by atoms with Gasteiger partial charge in [0.05, 0.1) is 0 Å². The van der Waals surface area contributed by atoms with E-state index in [1.54, 1.807) is 0 Å². The largest absolute Gasteiger partial charge is 0.381 e. The van der Waals surface area contributed by atoms with Gasteiger partial charge in [-0.2, -0.15) is 0 Å². The van der Waals surface area contributed by atoms with Gasteiger partial charge in [-0.1, -0.05) is 27.2 Å². The summed E-state index contributed by atoms with van der Waals surface area (Å²) >= 11 is 0. The predicted molar refractivity (Wildman–Crippen MR) is 42.9 cm³/mol. The Morgan fingerprint density at radius 2 is 2.10 bits per heavy atom. The van der Waals surface area contributed by atoms with Gasteiger partial charge in [0.2, 0.25) is 0 Å². The average Bonchev–Trinajstić information content (AvgIpc) is 2.33. The molecule has 1 aliphatic heterocycles. The molecular weight excluding hydrogens is 124 g/mol. The molecule has 1 rings (SSSR count). The van der Waals surface area contributed by atoms with E-state index in [2.05, 4.69) is 20.8 Å². The molecule has 0 aromatic carbocycles. The molecule has 0 N–H and O–H groups in total. The molecule has 0 unspecified atom stereocenters. The highest BCUT2D eigenvalue weighted by molar-refractivity contribution is 4.76. The summed E-state index contributed by atoms with van der Waals surface area (Å²) in [6.07, 6.45) is 1.28. The molecule has 2 atom stereocenters. The Balaban J connectivity index is 2.42. The van der Waals surface area contributed by atoms with Crippen LogP contribution >= 0.6 is 0 Å². The van der Waals surface area contributed by atoms with Gasteiger partial charge in [-0.3, -0.25) is 0 Å².